The Bertz CT molecular complexity index is 569. The summed E-state index contributed by atoms with van der Waals surface area (Å²) in [5.74, 6) is 1.59. The molecular formula is C22H34N2O2. The quantitative estimate of drug-likeness (QED) is 0.759. The maximum Gasteiger partial charge on any atom is 0.253 e. The molecule has 26 heavy (non-hydrogen) atoms. The van der Waals surface area contributed by atoms with Gasteiger partial charge in [0.25, 0.3) is 5.91 Å². The van der Waals surface area contributed by atoms with Crippen LogP contribution in [0.15, 0.2) is 24.3 Å². The predicted octanol–water partition coefficient (Wildman–Crippen LogP) is 3.51. The van der Waals surface area contributed by atoms with Crippen molar-refractivity contribution in [2.75, 3.05) is 39.9 Å². The fourth-order valence-corrected chi connectivity index (χ4v) is 4.43. The Hall–Kier alpha value is -1.39. The highest BCUT2D eigenvalue weighted by atomic mass is 16.5. The summed E-state index contributed by atoms with van der Waals surface area (Å²) >= 11 is 0. The van der Waals surface area contributed by atoms with Gasteiger partial charge in [-0.3, -0.25) is 4.79 Å². The second-order valence-corrected chi connectivity index (χ2v) is 7.99. The SMILES string of the molecule is COCCC[C@@H]1CCCN(C(=O)c2cccc(CC3CCNCC3)c2)C1. The molecule has 1 aromatic carbocycles. The maximum absolute atomic E-state index is 13.0. The molecule has 0 saturated carbocycles. The van der Waals surface area contributed by atoms with Crippen LogP contribution < -0.4 is 5.32 Å². The molecule has 2 saturated heterocycles. The van der Waals surface area contributed by atoms with Crippen molar-refractivity contribution in [3.05, 3.63) is 35.4 Å². The van der Waals surface area contributed by atoms with E-state index < -0.39 is 0 Å². The number of hydrogen-bond donors (Lipinski definition) is 1. The van der Waals surface area contributed by atoms with Crippen molar-refractivity contribution >= 4 is 5.91 Å². The average Bonchev–Trinajstić information content (AvgIpc) is 2.69. The first-order valence-electron chi connectivity index (χ1n) is 10.3. The fraction of sp³-hybridized carbons (Fsp3) is 0.682. The van der Waals surface area contributed by atoms with E-state index in [4.69, 9.17) is 4.74 Å². The number of carbonyl (C=O) groups is 1. The van der Waals surface area contributed by atoms with Crippen LogP contribution in [0, 0.1) is 11.8 Å². The van der Waals surface area contributed by atoms with Crippen molar-refractivity contribution in [2.45, 2.75) is 44.9 Å². The number of likely N-dealkylation sites (tertiary alicyclic amines) is 1. The minimum atomic E-state index is 0.216. The van der Waals surface area contributed by atoms with Gasteiger partial charge in [-0.15, -0.1) is 0 Å². The van der Waals surface area contributed by atoms with Gasteiger partial charge in [0.15, 0.2) is 0 Å². The van der Waals surface area contributed by atoms with Gasteiger partial charge in [0.05, 0.1) is 0 Å². The van der Waals surface area contributed by atoms with Crippen molar-refractivity contribution in [3.63, 3.8) is 0 Å². The van der Waals surface area contributed by atoms with Crippen LogP contribution >= 0.6 is 0 Å². The third-order valence-corrected chi connectivity index (χ3v) is 5.92. The minimum absolute atomic E-state index is 0.216. The Morgan fingerprint density at radius 1 is 1.23 bits per heavy atom. The number of nitrogens with zero attached hydrogens (tertiary/aromatic N) is 1. The first-order chi connectivity index (χ1) is 12.8. The van der Waals surface area contributed by atoms with Crippen LogP contribution in [0.25, 0.3) is 0 Å². The van der Waals surface area contributed by atoms with Gasteiger partial charge in [-0.2, -0.15) is 0 Å². The molecule has 0 bridgehead atoms. The summed E-state index contributed by atoms with van der Waals surface area (Å²) in [5, 5.41) is 3.43. The number of hydrogen-bond acceptors (Lipinski definition) is 3. The van der Waals surface area contributed by atoms with Crippen LogP contribution in [-0.2, 0) is 11.2 Å². The molecule has 2 fully saturated rings. The largest absolute Gasteiger partial charge is 0.385 e. The number of carbonyl (C=O) groups excluding carboxylic acids is 1. The molecule has 1 N–H and O–H groups in total. The molecule has 2 heterocycles. The zero-order valence-electron chi connectivity index (χ0n) is 16.2. The highest BCUT2D eigenvalue weighted by molar-refractivity contribution is 5.94. The van der Waals surface area contributed by atoms with Crippen molar-refractivity contribution in [1.29, 1.82) is 0 Å². The van der Waals surface area contributed by atoms with Crippen molar-refractivity contribution in [2.24, 2.45) is 11.8 Å². The first kappa shape index (κ1) is 19.4. The highest BCUT2D eigenvalue weighted by Gasteiger charge is 2.24. The van der Waals surface area contributed by atoms with Gasteiger partial charge in [-0.25, -0.2) is 0 Å². The molecule has 144 valence electrons. The number of nitrogens with one attached hydrogen (secondary N) is 1. The smallest absolute Gasteiger partial charge is 0.253 e. The van der Waals surface area contributed by atoms with Crippen LogP contribution in [-0.4, -0.2) is 50.7 Å². The Morgan fingerprint density at radius 2 is 2.08 bits per heavy atom. The predicted molar refractivity (Wildman–Crippen MR) is 105 cm³/mol. The lowest BCUT2D eigenvalue weighted by Crippen LogP contribution is -2.40. The summed E-state index contributed by atoms with van der Waals surface area (Å²) in [6, 6.07) is 8.37. The second kappa shape index (κ2) is 10.1. The summed E-state index contributed by atoms with van der Waals surface area (Å²) < 4.78 is 5.17. The maximum atomic E-state index is 13.0. The number of ether oxygens (including phenoxy) is 1. The Morgan fingerprint density at radius 3 is 2.88 bits per heavy atom. The number of rotatable bonds is 7. The van der Waals surface area contributed by atoms with Crippen LogP contribution in [0.5, 0.6) is 0 Å². The van der Waals surface area contributed by atoms with Crippen LogP contribution in [0.1, 0.15) is 54.4 Å². The van der Waals surface area contributed by atoms with E-state index in [2.05, 4.69) is 28.4 Å². The Kier molecular flexibility index (Phi) is 7.51. The lowest BCUT2D eigenvalue weighted by molar-refractivity contribution is 0.0660. The third kappa shape index (κ3) is 5.55. The molecular weight excluding hydrogens is 324 g/mol. The summed E-state index contributed by atoms with van der Waals surface area (Å²) in [4.78, 5) is 15.1. The van der Waals surface area contributed by atoms with E-state index in [1.165, 1.54) is 24.8 Å². The molecule has 4 nitrogen and oxygen atoms in total. The van der Waals surface area contributed by atoms with Crippen molar-refractivity contribution < 1.29 is 9.53 Å². The Labute approximate surface area is 158 Å². The number of piperidine rings is 2. The monoisotopic (exact) mass is 358 g/mol. The van der Waals surface area contributed by atoms with Gasteiger partial charge in [-0.05, 0) is 87.6 Å². The van der Waals surface area contributed by atoms with Crippen molar-refractivity contribution in [3.8, 4) is 0 Å². The molecule has 1 amide bonds. The average molecular weight is 359 g/mol. The molecule has 0 spiro atoms. The van der Waals surface area contributed by atoms with Gasteiger partial charge in [0.1, 0.15) is 0 Å². The lowest BCUT2D eigenvalue weighted by Gasteiger charge is -2.33. The van der Waals surface area contributed by atoms with Crippen LogP contribution in [0.3, 0.4) is 0 Å². The van der Waals surface area contributed by atoms with Gasteiger partial charge in [0.2, 0.25) is 0 Å². The summed E-state index contributed by atoms with van der Waals surface area (Å²) in [6.45, 7) is 4.88. The number of benzene rings is 1. The molecule has 1 aromatic rings. The molecule has 3 rings (SSSR count). The molecule has 0 unspecified atom stereocenters. The first-order valence-corrected chi connectivity index (χ1v) is 10.3. The van der Waals surface area contributed by atoms with Crippen LogP contribution in [0.4, 0.5) is 0 Å². The lowest BCUT2D eigenvalue weighted by atomic mass is 9.90. The normalized spacial score (nSPS) is 21.7. The summed E-state index contributed by atoms with van der Waals surface area (Å²) in [5.41, 5.74) is 2.19. The van der Waals surface area contributed by atoms with Crippen LogP contribution in [0.2, 0.25) is 0 Å². The zero-order chi connectivity index (χ0) is 18.2. The molecule has 1 atom stereocenters. The molecule has 2 aliphatic rings. The van der Waals surface area contributed by atoms with Gasteiger partial charge >= 0.3 is 0 Å². The molecule has 0 aliphatic carbocycles. The minimum Gasteiger partial charge on any atom is -0.385 e. The fourth-order valence-electron chi connectivity index (χ4n) is 4.43. The summed E-state index contributed by atoms with van der Waals surface area (Å²) in [6.07, 6.45) is 8.20. The van der Waals surface area contributed by atoms with E-state index in [0.29, 0.717) is 5.92 Å². The third-order valence-electron chi connectivity index (χ3n) is 5.92. The number of methoxy groups -OCH3 is 1. The standard InChI is InChI=1S/C22H34N2O2/c1-26-14-4-7-19-6-3-13-24(17-19)22(25)21-8-2-5-20(16-21)15-18-9-11-23-12-10-18/h2,5,8,16,18-19,23H,3-4,6-7,9-15,17H2,1H3/t19-/m0/s1. The topological polar surface area (TPSA) is 41.6 Å². The van der Waals surface area contributed by atoms with Gasteiger partial charge in [0, 0.05) is 32.4 Å². The molecule has 2 aliphatic heterocycles. The van der Waals surface area contributed by atoms with E-state index in [1.807, 2.05) is 6.07 Å². The Balaban J connectivity index is 1.57. The van der Waals surface area contributed by atoms with Crippen molar-refractivity contribution in [1.82, 2.24) is 10.2 Å². The molecule has 0 radical (unpaired) electrons. The second-order valence-electron chi connectivity index (χ2n) is 7.99. The molecule has 4 heteroatoms. The van der Waals surface area contributed by atoms with E-state index in [9.17, 15) is 4.79 Å². The van der Waals surface area contributed by atoms with E-state index in [0.717, 1.165) is 70.0 Å². The van der Waals surface area contributed by atoms with Gasteiger partial charge < -0.3 is 15.0 Å². The van der Waals surface area contributed by atoms with E-state index in [1.54, 1.807) is 7.11 Å². The number of amides is 1. The van der Waals surface area contributed by atoms with E-state index >= 15 is 0 Å². The van der Waals surface area contributed by atoms with E-state index in [-0.39, 0.29) is 5.91 Å². The molecule has 0 aromatic heterocycles. The zero-order valence-corrected chi connectivity index (χ0v) is 16.2. The summed E-state index contributed by atoms with van der Waals surface area (Å²) in [7, 11) is 1.76. The highest BCUT2D eigenvalue weighted by Crippen LogP contribution is 2.24. The van der Waals surface area contributed by atoms with Gasteiger partial charge in [-0.1, -0.05) is 12.1 Å².